The normalized spacial score (nSPS) is 23.7. The first-order chi connectivity index (χ1) is 18.6. The first-order valence-corrected chi connectivity index (χ1v) is 13.7. The van der Waals surface area contributed by atoms with Crippen LogP contribution in [-0.4, -0.2) is 51.8 Å². The highest BCUT2D eigenvalue weighted by molar-refractivity contribution is 8.42. The monoisotopic (exact) mass is 590 g/mol. The van der Waals surface area contributed by atoms with Crippen LogP contribution in [0.4, 0.5) is 23.8 Å². The van der Waals surface area contributed by atoms with E-state index in [0.717, 1.165) is 22.7 Å². The molecule has 1 N–H and O–H groups in total. The molecular weight excluding hydrogens is 566 g/mol. The quantitative estimate of drug-likeness (QED) is 0.330. The topological polar surface area (TPSA) is 81.3 Å². The summed E-state index contributed by atoms with van der Waals surface area (Å²) in [6.45, 7) is 0.223. The number of nitrogens with zero attached hydrogens (tertiary/aromatic N) is 4. The van der Waals surface area contributed by atoms with Crippen molar-refractivity contribution in [2.45, 2.75) is 25.2 Å². The number of hydrogen-bond acceptors (Lipinski definition) is 7. The van der Waals surface area contributed by atoms with Crippen LogP contribution in [-0.2, 0) is 14.7 Å². The van der Waals surface area contributed by atoms with E-state index in [1.165, 1.54) is 25.3 Å². The van der Waals surface area contributed by atoms with Gasteiger partial charge in [0.25, 0.3) is 5.72 Å². The molecule has 0 amide bonds. The van der Waals surface area contributed by atoms with E-state index in [1.807, 2.05) is 6.92 Å². The zero-order valence-corrected chi connectivity index (χ0v) is 21.9. The Morgan fingerprint density at radius 1 is 1.15 bits per heavy atom. The van der Waals surface area contributed by atoms with Gasteiger partial charge < -0.3 is 24.1 Å². The van der Waals surface area contributed by atoms with Crippen LogP contribution in [0.3, 0.4) is 0 Å². The summed E-state index contributed by atoms with van der Waals surface area (Å²) in [7, 11) is -8.87. The molecule has 8 nitrogen and oxygen atoms in total. The van der Waals surface area contributed by atoms with Gasteiger partial charge in [0.2, 0.25) is 0 Å². The number of ether oxygens (including phenoxy) is 1. The van der Waals surface area contributed by atoms with E-state index in [1.54, 1.807) is 35.3 Å². The fourth-order valence-electron chi connectivity index (χ4n) is 4.78. The fraction of sp³-hybridized carbons (Fsp3) is 0.280. The number of halogens is 6. The maximum absolute atomic E-state index is 13.6. The van der Waals surface area contributed by atoms with Crippen LogP contribution in [0.25, 0.3) is 11.8 Å². The summed E-state index contributed by atoms with van der Waals surface area (Å²) in [6, 6.07) is 9.58. The third-order valence-corrected chi connectivity index (χ3v) is 7.09. The van der Waals surface area contributed by atoms with Crippen LogP contribution in [0.2, 0.25) is 0 Å². The van der Waals surface area contributed by atoms with E-state index >= 15 is 0 Å². The number of aromatic nitrogens is 2. The predicted octanol–water partition coefficient (Wildman–Crippen LogP) is 6.21. The summed E-state index contributed by atoms with van der Waals surface area (Å²) in [4.78, 5) is 10.8. The lowest BCUT2D eigenvalue weighted by atomic mass is 9.93. The van der Waals surface area contributed by atoms with Gasteiger partial charge in [-0.3, -0.25) is 0 Å². The van der Waals surface area contributed by atoms with E-state index in [-0.39, 0.29) is 17.0 Å². The van der Waals surface area contributed by atoms with Gasteiger partial charge >= 0.3 is 10.5 Å². The van der Waals surface area contributed by atoms with Crippen molar-refractivity contribution in [3.63, 3.8) is 0 Å². The number of aliphatic hydroxyl groups is 1. The molecule has 3 aromatic rings. The van der Waals surface area contributed by atoms with Gasteiger partial charge in [-0.1, -0.05) is 30.7 Å². The number of fused-ring (bicyclic) bond motifs is 1. The highest BCUT2D eigenvalue weighted by Gasteiger charge is 2.68. The molecule has 40 heavy (non-hydrogen) atoms. The summed E-state index contributed by atoms with van der Waals surface area (Å²) in [5.74, 6) is -0.200. The van der Waals surface area contributed by atoms with Crippen molar-refractivity contribution < 1.29 is 42.7 Å². The van der Waals surface area contributed by atoms with Crippen molar-refractivity contribution in [1.29, 1.82) is 0 Å². The maximum Gasteiger partial charge on any atom is 0.397 e. The molecule has 2 unspecified atom stereocenters. The molecule has 15 heteroatoms. The SMILES string of the molecule is COc1cc(/C=C2\CC(OS(F)(F)(F)(F)F)CN3C2=NOC3(CO)c2ccc(F)cc2)ccc1-n1cnc(C)c1. The van der Waals surface area contributed by atoms with Crippen molar-refractivity contribution in [2.75, 3.05) is 20.3 Å². The van der Waals surface area contributed by atoms with Crippen LogP contribution in [0.15, 0.2) is 65.7 Å². The zero-order chi connectivity index (χ0) is 29.0. The molecule has 0 bridgehead atoms. The number of imidazole rings is 1. The number of amidine groups is 1. The van der Waals surface area contributed by atoms with Gasteiger partial charge in [0, 0.05) is 23.8 Å². The molecular formula is C25H24F6N4O4S. The van der Waals surface area contributed by atoms with Crippen LogP contribution in [0.5, 0.6) is 5.75 Å². The van der Waals surface area contributed by atoms with Crippen molar-refractivity contribution in [3.8, 4) is 11.4 Å². The molecule has 3 heterocycles. The van der Waals surface area contributed by atoms with Gasteiger partial charge in [-0.15, -0.1) is 0 Å². The third kappa shape index (κ3) is 5.62. The Bertz CT molecular complexity index is 1510. The van der Waals surface area contributed by atoms with E-state index in [0.29, 0.717) is 17.0 Å². The Morgan fingerprint density at radius 2 is 1.88 bits per heavy atom. The van der Waals surface area contributed by atoms with E-state index in [4.69, 9.17) is 9.57 Å². The summed E-state index contributed by atoms with van der Waals surface area (Å²) >= 11 is 0. The second-order valence-corrected chi connectivity index (χ2v) is 11.4. The summed E-state index contributed by atoms with van der Waals surface area (Å²) in [5.41, 5.74) is 0.162. The average Bonchev–Trinajstić information content (AvgIpc) is 3.47. The van der Waals surface area contributed by atoms with Crippen LogP contribution in [0, 0.1) is 12.7 Å². The Kier molecular flexibility index (Phi) is 6.20. The highest BCUT2D eigenvalue weighted by atomic mass is 32.5. The molecule has 216 valence electrons. The van der Waals surface area contributed by atoms with Gasteiger partial charge in [0.15, 0.2) is 5.84 Å². The van der Waals surface area contributed by atoms with Crippen molar-refractivity contribution in [3.05, 3.63) is 83.2 Å². The molecule has 0 spiro atoms. The summed E-state index contributed by atoms with van der Waals surface area (Å²) in [5, 5.41) is 14.3. The lowest BCUT2D eigenvalue weighted by Gasteiger charge is -2.46. The standard InChI is InChI=1S/C25H24F6N4O4S/c1-16-12-34(15-32-16)22-8-3-17(10-23(22)37-2)9-18-11-21(38-40(27,28,29,30)31)13-35-24(18)33-39-25(35,14-36)19-4-6-20(26)7-5-19/h3-10,12,15,21,36H,11,13-14H2,1-2H3/b18-9+. The Morgan fingerprint density at radius 3 is 2.48 bits per heavy atom. The minimum Gasteiger partial charge on any atom is -0.495 e. The number of rotatable bonds is 7. The van der Waals surface area contributed by atoms with Crippen molar-refractivity contribution >= 4 is 22.4 Å². The molecule has 2 atom stereocenters. The highest BCUT2D eigenvalue weighted by Crippen LogP contribution is 2.99. The Labute approximate surface area is 225 Å². The van der Waals surface area contributed by atoms with Crippen LogP contribution < -0.4 is 4.74 Å². The molecule has 1 fully saturated rings. The number of aryl methyl sites for hydroxylation is 1. The maximum atomic E-state index is 13.6. The molecule has 2 aliphatic heterocycles. The van der Waals surface area contributed by atoms with Crippen molar-refractivity contribution in [2.24, 2.45) is 5.16 Å². The number of hydrogen-bond donors (Lipinski definition) is 1. The molecule has 2 aromatic carbocycles. The summed E-state index contributed by atoms with van der Waals surface area (Å²) in [6.07, 6.45) is 2.12. The number of aliphatic hydroxyl groups excluding tert-OH is 1. The largest absolute Gasteiger partial charge is 0.495 e. The minimum absolute atomic E-state index is 0.00802. The first-order valence-electron chi connectivity index (χ1n) is 11.8. The molecule has 1 saturated heterocycles. The molecule has 0 radical (unpaired) electrons. The molecule has 1 aromatic heterocycles. The number of methoxy groups -OCH3 is 1. The van der Waals surface area contributed by atoms with Gasteiger partial charge in [0.1, 0.15) is 24.3 Å². The molecule has 0 aliphatic carbocycles. The second kappa shape index (κ2) is 8.91. The minimum atomic E-state index is -10.3. The second-order valence-electron chi connectivity index (χ2n) is 9.41. The van der Waals surface area contributed by atoms with Crippen LogP contribution >= 0.6 is 10.5 Å². The third-order valence-electron chi connectivity index (χ3n) is 6.46. The fourth-order valence-corrected chi connectivity index (χ4v) is 5.42. The first kappa shape index (κ1) is 27.9. The van der Waals surface area contributed by atoms with Gasteiger partial charge in [-0.25, -0.2) is 13.6 Å². The van der Waals surface area contributed by atoms with E-state index in [9.17, 15) is 28.9 Å². The predicted molar refractivity (Wildman–Crippen MR) is 136 cm³/mol. The smallest absolute Gasteiger partial charge is 0.397 e. The van der Waals surface area contributed by atoms with E-state index < -0.39 is 47.7 Å². The number of benzene rings is 2. The molecule has 5 rings (SSSR count). The summed E-state index contributed by atoms with van der Waals surface area (Å²) < 4.78 is 91.4. The number of piperidine rings is 1. The van der Waals surface area contributed by atoms with E-state index in [2.05, 4.69) is 14.3 Å². The average molecular weight is 591 g/mol. The zero-order valence-electron chi connectivity index (χ0n) is 21.1. The number of oxime groups is 1. The van der Waals surface area contributed by atoms with Gasteiger partial charge in [-0.05, 0) is 55.0 Å². The lowest BCUT2D eigenvalue weighted by Crippen LogP contribution is -2.55. The molecule has 0 saturated carbocycles. The van der Waals surface area contributed by atoms with Gasteiger partial charge in [-0.2, -0.15) is 0 Å². The molecule has 2 aliphatic rings. The van der Waals surface area contributed by atoms with Crippen LogP contribution in [0.1, 0.15) is 23.2 Å². The Balaban J connectivity index is 1.57. The lowest BCUT2D eigenvalue weighted by molar-refractivity contribution is -0.144. The Hall–Kier alpha value is -3.69. The van der Waals surface area contributed by atoms with Gasteiger partial charge in [0.05, 0.1) is 31.4 Å². The van der Waals surface area contributed by atoms with Crippen molar-refractivity contribution in [1.82, 2.24) is 14.5 Å².